The molecule has 1 atom stereocenters. The molecule has 2 aliphatic rings. The van der Waals surface area contributed by atoms with E-state index in [4.69, 9.17) is 21.1 Å². The molecule has 0 saturated carbocycles. The molecule has 1 amide bonds. The molecule has 0 N–H and O–H groups in total. The van der Waals surface area contributed by atoms with Crippen molar-refractivity contribution in [2.24, 2.45) is 0 Å². The second-order valence-corrected chi connectivity index (χ2v) is 8.43. The van der Waals surface area contributed by atoms with Crippen LogP contribution in [0, 0.1) is 0 Å². The number of carbonyl (C=O) groups is 1. The van der Waals surface area contributed by atoms with Crippen molar-refractivity contribution in [1.29, 1.82) is 0 Å². The van der Waals surface area contributed by atoms with Crippen molar-refractivity contribution in [3.8, 4) is 0 Å². The lowest BCUT2D eigenvalue weighted by Crippen LogP contribution is -2.41. The van der Waals surface area contributed by atoms with E-state index in [9.17, 15) is 13.2 Å². The van der Waals surface area contributed by atoms with E-state index < -0.39 is 10.0 Å². The SMILES string of the molecule is COCCN(CCOC)S(=O)(=O)C1=C(Cl)C=C2CCN(C(C)=O)C2C1. The second kappa shape index (κ2) is 8.64. The lowest BCUT2D eigenvalue weighted by molar-refractivity contribution is -0.129. The van der Waals surface area contributed by atoms with Crippen LogP contribution in [-0.4, -0.2) is 76.6 Å². The molecule has 7 nitrogen and oxygen atoms in total. The van der Waals surface area contributed by atoms with Gasteiger partial charge in [0.2, 0.25) is 15.9 Å². The van der Waals surface area contributed by atoms with Gasteiger partial charge >= 0.3 is 0 Å². The van der Waals surface area contributed by atoms with Gasteiger partial charge in [-0.15, -0.1) is 0 Å². The van der Waals surface area contributed by atoms with Crippen molar-refractivity contribution in [1.82, 2.24) is 9.21 Å². The Morgan fingerprint density at radius 2 is 1.92 bits per heavy atom. The molecule has 1 saturated heterocycles. The smallest absolute Gasteiger partial charge is 0.240 e. The predicted octanol–water partition coefficient (Wildman–Crippen LogP) is 1.31. The molecule has 1 fully saturated rings. The number of nitrogens with zero attached hydrogens (tertiary/aromatic N) is 2. The number of hydrogen-bond acceptors (Lipinski definition) is 5. The second-order valence-electron chi connectivity index (χ2n) is 6.06. The number of sulfonamides is 1. The fraction of sp³-hybridized carbons (Fsp3) is 0.688. The predicted molar refractivity (Wildman–Crippen MR) is 95.6 cm³/mol. The normalized spacial score (nSPS) is 20.9. The van der Waals surface area contributed by atoms with E-state index in [1.807, 2.05) is 0 Å². The van der Waals surface area contributed by atoms with Crippen molar-refractivity contribution in [3.05, 3.63) is 21.6 Å². The lowest BCUT2D eigenvalue weighted by atomic mass is 9.99. The average molecular weight is 393 g/mol. The minimum Gasteiger partial charge on any atom is -0.383 e. The Bertz CT molecular complexity index is 666. The first-order valence-corrected chi connectivity index (χ1v) is 9.99. The monoisotopic (exact) mass is 392 g/mol. The Morgan fingerprint density at radius 3 is 2.44 bits per heavy atom. The quantitative estimate of drug-likeness (QED) is 0.622. The first-order chi connectivity index (χ1) is 11.8. The summed E-state index contributed by atoms with van der Waals surface area (Å²) in [6, 6.07) is -0.225. The Labute approximate surface area is 154 Å². The van der Waals surface area contributed by atoms with Gasteiger partial charge in [0.05, 0.1) is 29.2 Å². The van der Waals surface area contributed by atoms with Gasteiger partial charge in [-0.3, -0.25) is 4.79 Å². The maximum atomic E-state index is 13.1. The van der Waals surface area contributed by atoms with Crippen LogP contribution in [0.15, 0.2) is 21.6 Å². The maximum Gasteiger partial charge on any atom is 0.240 e. The largest absolute Gasteiger partial charge is 0.383 e. The zero-order valence-electron chi connectivity index (χ0n) is 14.8. The third-order valence-electron chi connectivity index (χ3n) is 4.55. The molecule has 1 aliphatic heterocycles. The van der Waals surface area contributed by atoms with Gasteiger partial charge in [-0.25, -0.2) is 8.42 Å². The molecular weight excluding hydrogens is 368 g/mol. The zero-order valence-corrected chi connectivity index (χ0v) is 16.4. The van der Waals surface area contributed by atoms with Crippen LogP contribution in [0.4, 0.5) is 0 Å². The number of hydrogen-bond donors (Lipinski definition) is 0. The molecule has 9 heteroatoms. The van der Waals surface area contributed by atoms with Gasteiger partial charge in [-0.2, -0.15) is 4.31 Å². The summed E-state index contributed by atoms with van der Waals surface area (Å²) in [5.74, 6) is -0.0567. The zero-order chi connectivity index (χ0) is 18.6. The number of ether oxygens (including phenoxy) is 2. The van der Waals surface area contributed by atoms with Crippen molar-refractivity contribution in [2.75, 3.05) is 47.1 Å². The summed E-state index contributed by atoms with van der Waals surface area (Å²) in [5, 5.41) is 0.233. The standard InChI is InChI=1S/C16H25ClN2O5S/c1-12(20)19-5-4-13-10-14(17)16(11-15(13)19)25(21,22)18(6-8-23-2)7-9-24-3/h10,15H,4-9,11H2,1-3H3. The van der Waals surface area contributed by atoms with E-state index in [2.05, 4.69) is 0 Å². The lowest BCUT2D eigenvalue weighted by Gasteiger charge is -2.30. The molecule has 0 spiro atoms. The molecule has 0 aromatic rings. The van der Waals surface area contributed by atoms with Gasteiger partial charge in [0.15, 0.2) is 0 Å². The van der Waals surface area contributed by atoms with E-state index in [1.54, 1.807) is 11.0 Å². The van der Waals surface area contributed by atoms with E-state index in [-0.39, 0.29) is 54.6 Å². The van der Waals surface area contributed by atoms with Crippen LogP contribution < -0.4 is 0 Å². The van der Waals surface area contributed by atoms with Gasteiger partial charge in [-0.1, -0.05) is 11.6 Å². The number of amides is 1. The van der Waals surface area contributed by atoms with E-state index in [1.165, 1.54) is 25.4 Å². The van der Waals surface area contributed by atoms with Gasteiger partial charge in [0.1, 0.15) is 0 Å². The highest BCUT2D eigenvalue weighted by Crippen LogP contribution is 2.38. The number of carbonyl (C=O) groups excluding carboxylic acids is 1. The molecular formula is C16H25ClN2O5S. The molecule has 0 bridgehead atoms. The highest BCUT2D eigenvalue weighted by atomic mass is 35.5. The molecule has 25 heavy (non-hydrogen) atoms. The van der Waals surface area contributed by atoms with Crippen molar-refractivity contribution in [3.63, 3.8) is 0 Å². The Balaban J connectivity index is 2.30. The molecule has 142 valence electrons. The van der Waals surface area contributed by atoms with Crippen LogP contribution in [0.5, 0.6) is 0 Å². The molecule has 2 rings (SSSR count). The van der Waals surface area contributed by atoms with Crippen LogP contribution >= 0.6 is 11.6 Å². The minimum atomic E-state index is -3.77. The average Bonchev–Trinajstić information content (AvgIpc) is 2.96. The summed E-state index contributed by atoms with van der Waals surface area (Å²) in [5.41, 5.74) is 1.01. The number of methoxy groups -OCH3 is 2. The number of rotatable bonds is 8. The van der Waals surface area contributed by atoms with Gasteiger partial charge < -0.3 is 14.4 Å². The van der Waals surface area contributed by atoms with E-state index in [0.717, 1.165) is 12.0 Å². The summed E-state index contributed by atoms with van der Waals surface area (Å²) >= 11 is 6.30. The molecule has 0 radical (unpaired) electrons. The minimum absolute atomic E-state index is 0.0567. The van der Waals surface area contributed by atoms with Crippen molar-refractivity contribution < 1.29 is 22.7 Å². The summed E-state index contributed by atoms with van der Waals surface area (Å²) in [4.78, 5) is 13.7. The van der Waals surface area contributed by atoms with Crippen molar-refractivity contribution >= 4 is 27.5 Å². The summed E-state index contributed by atoms with van der Waals surface area (Å²) in [6.07, 6.45) is 2.64. The van der Waals surface area contributed by atoms with Crippen LogP contribution in [-0.2, 0) is 24.3 Å². The number of likely N-dealkylation sites (tertiary alicyclic amines) is 1. The molecule has 1 aliphatic carbocycles. The molecule has 1 heterocycles. The highest BCUT2D eigenvalue weighted by Gasteiger charge is 2.39. The highest BCUT2D eigenvalue weighted by molar-refractivity contribution is 7.93. The first-order valence-electron chi connectivity index (χ1n) is 8.17. The van der Waals surface area contributed by atoms with Crippen LogP contribution in [0.25, 0.3) is 0 Å². The Kier molecular flexibility index (Phi) is 7.04. The van der Waals surface area contributed by atoms with E-state index >= 15 is 0 Å². The summed E-state index contributed by atoms with van der Waals surface area (Å²) in [7, 11) is -0.727. The molecule has 1 unspecified atom stereocenters. The summed E-state index contributed by atoms with van der Waals surface area (Å²) in [6.45, 7) is 3.08. The maximum absolute atomic E-state index is 13.1. The number of halogens is 1. The summed E-state index contributed by atoms with van der Waals surface area (Å²) < 4.78 is 37.6. The van der Waals surface area contributed by atoms with Gasteiger partial charge in [0.25, 0.3) is 0 Å². The van der Waals surface area contributed by atoms with Crippen LogP contribution in [0.2, 0.25) is 0 Å². The fourth-order valence-electron chi connectivity index (χ4n) is 3.20. The Morgan fingerprint density at radius 1 is 1.32 bits per heavy atom. The third-order valence-corrected chi connectivity index (χ3v) is 7.05. The van der Waals surface area contributed by atoms with Gasteiger partial charge in [0, 0.05) is 47.2 Å². The number of fused-ring (bicyclic) bond motifs is 1. The fourth-order valence-corrected chi connectivity index (χ4v) is 5.32. The third kappa shape index (κ3) is 4.43. The van der Waals surface area contributed by atoms with Crippen LogP contribution in [0.1, 0.15) is 19.8 Å². The first kappa shape index (κ1) is 20.4. The Hall–Kier alpha value is -0.930. The van der Waals surface area contributed by atoms with Crippen molar-refractivity contribution in [2.45, 2.75) is 25.8 Å². The number of allylic oxidation sites excluding steroid dienone is 2. The molecule has 0 aromatic carbocycles. The molecule has 0 aromatic heterocycles. The van der Waals surface area contributed by atoms with Gasteiger partial charge in [-0.05, 0) is 18.1 Å². The van der Waals surface area contributed by atoms with E-state index in [0.29, 0.717) is 6.54 Å². The van der Waals surface area contributed by atoms with Crippen LogP contribution in [0.3, 0.4) is 0 Å². The topological polar surface area (TPSA) is 76.2 Å².